The Balaban J connectivity index is 2.18. The molecule has 0 atom stereocenters. The van der Waals surface area contributed by atoms with Crippen molar-refractivity contribution in [2.45, 2.75) is 13.5 Å². The summed E-state index contributed by atoms with van der Waals surface area (Å²) in [6.45, 7) is 3.33. The fourth-order valence-electron chi connectivity index (χ4n) is 2.99. The van der Waals surface area contributed by atoms with E-state index >= 15 is 0 Å². The van der Waals surface area contributed by atoms with Crippen molar-refractivity contribution >= 4 is 50.8 Å². The minimum Gasteiger partial charge on any atom is -0.461 e. The van der Waals surface area contributed by atoms with Crippen molar-refractivity contribution in [3.8, 4) is 0 Å². The molecule has 0 aliphatic carbocycles. The number of pyridine rings is 1. The Morgan fingerprint density at radius 3 is 2.82 bits per heavy atom. The van der Waals surface area contributed by atoms with Crippen LogP contribution >= 0.6 is 22.6 Å². The molecular formula is C20H22FIN4O2. The molecule has 8 heteroatoms. The molecule has 0 aliphatic heterocycles. The monoisotopic (exact) mass is 496 g/mol. The van der Waals surface area contributed by atoms with Gasteiger partial charge in [0.05, 0.1) is 23.5 Å². The molecule has 1 N–H and O–H groups in total. The van der Waals surface area contributed by atoms with Crippen LogP contribution in [0.15, 0.2) is 36.7 Å². The number of carbonyl (C=O) groups excluding carboxylic acids is 1. The zero-order valence-electron chi connectivity index (χ0n) is 16.0. The molecule has 3 aromatic rings. The van der Waals surface area contributed by atoms with Gasteiger partial charge in [-0.15, -0.1) is 0 Å². The molecule has 0 fully saturated rings. The maximum Gasteiger partial charge on any atom is 0.357 e. The number of nitrogens with one attached hydrogen (secondary N) is 1. The van der Waals surface area contributed by atoms with E-state index in [0.29, 0.717) is 23.6 Å². The van der Waals surface area contributed by atoms with E-state index in [4.69, 9.17) is 4.74 Å². The fourth-order valence-corrected chi connectivity index (χ4v) is 3.45. The van der Waals surface area contributed by atoms with Crippen molar-refractivity contribution in [3.05, 3.63) is 51.7 Å². The van der Waals surface area contributed by atoms with Crippen LogP contribution in [0.2, 0.25) is 0 Å². The lowest BCUT2D eigenvalue weighted by Crippen LogP contribution is -2.21. The molecule has 6 nitrogen and oxygen atoms in total. The Morgan fingerprint density at radius 1 is 1.36 bits per heavy atom. The topological polar surface area (TPSA) is 59.4 Å². The van der Waals surface area contributed by atoms with Crippen molar-refractivity contribution in [3.63, 3.8) is 0 Å². The molecule has 0 saturated carbocycles. The first-order valence-electron chi connectivity index (χ1n) is 8.92. The molecule has 148 valence electrons. The fraction of sp³-hybridized carbons (Fsp3) is 0.300. The Kier molecular flexibility index (Phi) is 6.50. The highest BCUT2D eigenvalue weighted by atomic mass is 127. The van der Waals surface area contributed by atoms with Gasteiger partial charge in [-0.25, -0.2) is 9.18 Å². The van der Waals surface area contributed by atoms with Crippen LogP contribution in [0.25, 0.3) is 10.9 Å². The van der Waals surface area contributed by atoms with Gasteiger partial charge in [0.25, 0.3) is 0 Å². The Morgan fingerprint density at radius 2 is 2.14 bits per heavy atom. The zero-order valence-corrected chi connectivity index (χ0v) is 18.2. The van der Waals surface area contributed by atoms with Crippen LogP contribution in [0, 0.1) is 9.39 Å². The van der Waals surface area contributed by atoms with E-state index in [0.717, 1.165) is 21.0 Å². The second-order valence-electron chi connectivity index (χ2n) is 6.54. The molecule has 0 radical (unpaired) electrons. The number of nitrogens with zero attached hydrogens (tertiary/aromatic N) is 3. The van der Waals surface area contributed by atoms with Crippen molar-refractivity contribution in [2.75, 3.05) is 32.6 Å². The Bertz CT molecular complexity index is 1000. The number of likely N-dealkylation sites (N-methyl/N-ethyl adjacent to an activating group) is 1. The molecule has 2 aromatic heterocycles. The maximum absolute atomic E-state index is 14.5. The molecule has 0 aliphatic rings. The van der Waals surface area contributed by atoms with Gasteiger partial charge < -0.3 is 19.5 Å². The summed E-state index contributed by atoms with van der Waals surface area (Å²) in [5.41, 5.74) is 2.00. The summed E-state index contributed by atoms with van der Waals surface area (Å²) < 4.78 is 22.5. The number of ether oxygens (including phenoxy) is 1. The van der Waals surface area contributed by atoms with Gasteiger partial charge in [0.1, 0.15) is 5.82 Å². The van der Waals surface area contributed by atoms with Crippen molar-refractivity contribution in [1.82, 2.24) is 14.5 Å². The van der Waals surface area contributed by atoms with E-state index in [-0.39, 0.29) is 12.4 Å². The lowest BCUT2D eigenvalue weighted by Gasteiger charge is -2.15. The Hall–Kier alpha value is -2.20. The second kappa shape index (κ2) is 8.87. The molecule has 28 heavy (non-hydrogen) atoms. The standard InChI is InChI=1S/C20H22FIN4O2/c1-4-28-20(27)19-18(24-16-6-5-13(22)11-15(16)21)14-12-23-8-7-17(14)26(19)10-9-25(2)3/h5-8,11-12,24H,4,9-10H2,1-3H3. The van der Waals surface area contributed by atoms with Crippen molar-refractivity contribution in [1.29, 1.82) is 0 Å². The molecule has 3 rings (SSSR count). The van der Waals surface area contributed by atoms with Gasteiger partial charge in [-0.2, -0.15) is 0 Å². The number of fused-ring (bicyclic) bond motifs is 1. The van der Waals surface area contributed by atoms with E-state index in [1.165, 1.54) is 6.07 Å². The van der Waals surface area contributed by atoms with Gasteiger partial charge in [-0.3, -0.25) is 4.98 Å². The number of benzene rings is 1. The van der Waals surface area contributed by atoms with Crippen LogP contribution in [0.3, 0.4) is 0 Å². The SMILES string of the molecule is CCOC(=O)c1c(Nc2ccc(I)cc2F)c2cnccc2n1CCN(C)C. The third kappa shape index (κ3) is 4.27. The smallest absolute Gasteiger partial charge is 0.357 e. The number of carbonyl (C=O) groups is 1. The first-order valence-corrected chi connectivity index (χ1v) is 10.00. The first-order chi connectivity index (χ1) is 13.4. The highest BCUT2D eigenvalue weighted by Crippen LogP contribution is 2.34. The van der Waals surface area contributed by atoms with Gasteiger partial charge in [-0.05, 0) is 67.9 Å². The molecule has 1 aromatic carbocycles. The molecule has 0 bridgehead atoms. The Labute approximate surface area is 176 Å². The van der Waals surface area contributed by atoms with Crippen LogP contribution in [0.4, 0.5) is 15.8 Å². The molecule has 2 heterocycles. The van der Waals surface area contributed by atoms with E-state index in [1.54, 1.807) is 31.5 Å². The van der Waals surface area contributed by atoms with Crippen LogP contribution in [0.1, 0.15) is 17.4 Å². The van der Waals surface area contributed by atoms with Crippen LogP contribution in [0.5, 0.6) is 0 Å². The summed E-state index contributed by atoms with van der Waals surface area (Å²) in [5, 5.41) is 3.84. The van der Waals surface area contributed by atoms with Gasteiger partial charge in [0.2, 0.25) is 0 Å². The summed E-state index contributed by atoms with van der Waals surface area (Å²) in [5.74, 6) is -0.842. The molecule has 0 saturated heterocycles. The zero-order chi connectivity index (χ0) is 20.3. The van der Waals surface area contributed by atoms with Crippen LogP contribution in [-0.4, -0.2) is 47.7 Å². The largest absolute Gasteiger partial charge is 0.461 e. The predicted octanol–water partition coefficient (Wildman–Crippen LogP) is 4.26. The number of halogens is 2. The predicted molar refractivity (Wildman–Crippen MR) is 117 cm³/mol. The summed E-state index contributed by atoms with van der Waals surface area (Å²) in [4.78, 5) is 19.0. The summed E-state index contributed by atoms with van der Waals surface area (Å²) in [6.07, 6.45) is 3.36. The van der Waals surface area contributed by atoms with Crippen LogP contribution in [-0.2, 0) is 11.3 Å². The number of hydrogen-bond acceptors (Lipinski definition) is 5. The molecule has 0 amide bonds. The van der Waals surface area contributed by atoms with E-state index in [9.17, 15) is 9.18 Å². The van der Waals surface area contributed by atoms with Gasteiger partial charge in [0.15, 0.2) is 5.69 Å². The number of rotatable bonds is 7. The van der Waals surface area contributed by atoms with E-state index in [1.807, 2.05) is 29.6 Å². The summed E-state index contributed by atoms with van der Waals surface area (Å²) in [7, 11) is 3.94. The van der Waals surface area contributed by atoms with Crippen LogP contribution < -0.4 is 5.32 Å². The number of anilines is 2. The average molecular weight is 496 g/mol. The quantitative estimate of drug-likeness (QED) is 0.392. The third-order valence-corrected chi connectivity index (χ3v) is 4.97. The van der Waals surface area contributed by atoms with E-state index < -0.39 is 5.97 Å². The average Bonchev–Trinajstić information content (AvgIpc) is 2.96. The normalized spacial score (nSPS) is 11.2. The maximum atomic E-state index is 14.5. The third-order valence-electron chi connectivity index (χ3n) is 4.30. The first kappa shape index (κ1) is 20.5. The minimum absolute atomic E-state index is 0.254. The van der Waals surface area contributed by atoms with Gasteiger partial charge >= 0.3 is 5.97 Å². The van der Waals surface area contributed by atoms with Crippen molar-refractivity contribution < 1.29 is 13.9 Å². The van der Waals surface area contributed by atoms with Gasteiger partial charge in [-0.1, -0.05) is 0 Å². The highest BCUT2D eigenvalue weighted by molar-refractivity contribution is 14.1. The number of esters is 1. The summed E-state index contributed by atoms with van der Waals surface area (Å²) >= 11 is 2.06. The lowest BCUT2D eigenvalue weighted by atomic mass is 10.2. The number of hydrogen-bond donors (Lipinski definition) is 1. The summed E-state index contributed by atoms with van der Waals surface area (Å²) in [6, 6.07) is 6.75. The lowest BCUT2D eigenvalue weighted by molar-refractivity contribution is 0.0515. The molecule has 0 unspecified atom stereocenters. The van der Waals surface area contributed by atoms with Crippen molar-refractivity contribution in [2.24, 2.45) is 0 Å². The van der Waals surface area contributed by atoms with E-state index in [2.05, 4.69) is 32.9 Å². The molecular weight excluding hydrogens is 474 g/mol. The second-order valence-corrected chi connectivity index (χ2v) is 7.79. The number of aromatic nitrogens is 2. The minimum atomic E-state index is -0.453. The molecule has 0 spiro atoms. The van der Waals surface area contributed by atoms with Gasteiger partial charge in [0, 0.05) is 34.4 Å². The highest BCUT2D eigenvalue weighted by Gasteiger charge is 2.25.